The number of amides is 1. The number of nitro benzene ring substituents is 1. The number of rotatable bonds is 8. The number of para-hydroxylation sites is 1. The van der Waals surface area contributed by atoms with E-state index in [-0.39, 0.29) is 24.2 Å². The summed E-state index contributed by atoms with van der Waals surface area (Å²) in [7, 11) is 1.47. The van der Waals surface area contributed by atoms with Crippen molar-refractivity contribution >= 4 is 34.6 Å². The van der Waals surface area contributed by atoms with E-state index in [2.05, 4.69) is 15.6 Å². The van der Waals surface area contributed by atoms with Crippen LogP contribution in [0.4, 0.5) is 11.4 Å². The van der Waals surface area contributed by atoms with E-state index in [9.17, 15) is 14.9 Å². The Morgan fingerprint density at radius 2 is 1.88 bits per heavy atom. The molecule has 2 aromatic carbocycles. The number of ether oxygens (including phenoxy) is 1. The van der Waals surface area contributed by atoms with Crippen molar-refractivity contribution in [3.05, 3.63) is 112 Å². The lowest BCUT2D eigenvalue weighted by Gasteiger charge is -2.27. The van der Waals surface area contributed by atoms with Gasteiger partial charge in [-0.3, -0.25) is 19.9 Å². The summed E-state index contributed by atoms with van der Waals surface area (Å²) >= 11 is 5.73. The van der Waals surface area contributed by atoms with Crippen LogP contribution >= 0.6 is 12.2 Å². The Balaban J connectivity index is 1.58. The predicted octanol–water partition coefficient (Wildman–Crippen LogP) is 5.02. The summed E-state index contributed by atoms with van der Waals surface area (Å²) in [5.41, 5.74) is 4.26. The molecule has 1 saturated heterocycles. The number of methoxy groups -OCH3 is 1. The maximum atomic E-state index is 13.1. The molecule has 0 unspecified atom stereocenters. The SMILES string of the molecule is COc1ccc(-n2c(C)cc([C@@H]3[C@@H](c4ccccn4)NC(=S)N3CC(=O)Nc3ccccc3)c2C)c([N+](=O)[O-])c1. The van der Waals surface area contributed by atoms with Crippen molar-refractivity contribution in [3.63, 3.8) is 0 Å². The van der Waals surface area contributed by atoms with Gasteiger partial charge in [-0.15, -0.1) is 0 Å². The van der Waals surface area contributed by atoms with Crippen molar-refractivity contribution in [2.45, 2.75) is 25.9 Å². The first-order chi connectivity index (χ1) is 19.3. The Labute approximate surface area is 236 Å². The van der Waals surface area contributed by atoms with Crippen LogP contribution in [0.25, 0.3) is 5.69 Å². The van der Waals surface area contributed by atoms with Crippen LogP contribution < -0.4 is 15.4 Å². The Morgan fingerprint density at radius 3 is 2.55 bits per heavy atom. The van der Waals surface area contributed by atoms with Crippen molar-refractivity contribution in [1.29, 1.82) is 0 Å². The van der Waals surface area contributed by atoms with Crippen LogP contribution in [0, 0.1) is 24.0 Å². The van der Waals surface area contributed by atoms with E-state index in [1.54, 1.807) is 18.3 Å². The highest BCUT2D eigenvalue weighted by atomic mass is 32.1. The molecule has 0 saturated carbocycles. The number of carbonyl (C=O) groups excluding carboxylic acids is 1. The van der Waals surface area contributed by atoms with Gasteiger partial charge in [-0.1, -0.05) is 24.3 Å². The van der Waals surface area contributed by atoms with Gasteiger partial charge in [-0.25, -0.2) is 0 Å². The van der Waals surface area contributed by atoms with Gasteiger partial charge in [0.25, 0.3) is 5.69 Å². The topological polar surface area (TPSA) is 115 Å². The minimum absolute atomic E-state index is 0.00107. The highest BCUT2D eigenvalue weighted by Crippen LogP contribution is 2.42. The molecule has 4 aromatic rings. The van der Waals surface area contributed by atoms with E-state index in [0.717, 1.165) is 22.6 Å². The van der Waals surface area contributed by atoms with Crippen LogP contribution in [0.2, 0.25) is 0 Å². The van der Waals surface area contributed by atoms with Crippen LogP contribution in [0.3, 0.4) is 0 Å². The molecule has 1 aliphatic rings. The normalized spacial score (nSPS) is 16.5. The van der Waals surface area contributed by atoms with Gasteiger partial charge in [-0.2, -0.15) is 0 Å². The van der Waals surface area contributed by atoms with E-state index in [1.165, 1.54) is 13.2 Å². The van der Waals surface area contributed by atoms with Crippen LogP contribution in [-0.2, 0) is 4.79 Å². The average Bonchev–Trinajstić information content (AvgIpc) is 3.43. The van der Waals surface area contributed by atoms with Gasteiger partial charge in [0.2, 0.25) is 5.91 Å². The molecule has 0 bridgehead atoms. The molecular weight excluding hydrogens is 528 g/mol. The highest BCUT2D eigenvalue weighted by Gasteiger charge is 2.42. The van der Waals surface area contributed by atoms with Gasteiger partial charge in [-0.05, 0) is 74.1 Å². The Hall–Kier alpha value is -4.77. The summed E-state index contributed by atoms with van der Waals surface area (Å²) in [6.07, 6.45) is 1.71. The van der Waals surface area contributed by atoms with E-state index in [4.69, 9.17) is 17.0 Å². The molecule has 0 aliphatic carbocycles. The summed E-state index contributed by atoms with van der Waals surface area (Å²) in [6, 6.07) is 20.9. The quantitative estimate of drug-likeness (QED) is 0.177. The zero-order valence-corrected chi connectivity index (χ0v) is 23.0. The summed E-state index contributed by atoms with van der Waals surface area (Å²) in [4.78, 5) is 31.1. The Morgan fingerprint density at radius 1 is 1.12 bits per heavy atom. The molecule has 5 rings (SSSR count). The van der Waals surface area contributed by atoms with Crippen LogP contribution in [0.1, 0.15) is 34.7 Å². The minimum Gasteiger partial charge on any atom is -0.496 e. The van der Waals surface area contributed by atoms with E-state index in [1.807, 2.05) is 77.9 Å². The summed E-state index contributed by atoms with van der Waals surface area (Å²) in [5, 5.41) is 18.7. The second-order valence-electron chi connectivity index (χ2n) is 9.44. The fourth-order valence-corrected chi connectivity index (χ4v) is 5.52. The second-order valence-corrected chi connectivity index (χ2v) is 9.83. The molecule has 2 atom stereocenters. The van der Waals surface area contributed by atoms with Gasteiger partial charge in [0.05, 0.1) is 35.9 Å². The van der Waals surface area contributed by atoms with Crippen molar-refractivity contribution in [2.75, 3.05) is 19.0 Å². The molecular formula is C29H28N6O4S. The third-order valence-electron chi connectivity index (χ3n) is 6.98. The average molecular weight is 557 g/mol. The van der Waals surface area contributed by atoms with Crippen LogP contribution in [0.15, 0.2) is 79.0 Å². The number of carbonyl (C=O) groups is 1. The Kier molecular flexibility index (Phi) is 7.47. The van der Waals surface area contributed by atoms with Gasteiger partial charge in [0, 0.05) is 23.3 Å². The Bertz CT molecular complexity index is 1570. The molecule has 2 aromatic heterocycles. The number of thiocarbonyl (C=S) groups is 1. The number of hydrogen-bond donors (Lipinski definition) is 2. The van der Waals surface area contributed by atoms with Gasteiger partial charge in [0.1, 0.15) is 18.0 Å². The van der Waals surface area contributed by atoms with Crippen molar-refractivity contribution in [2.24, 2.45) is 0 Å². The fourth-order valence-electron chi connectivity index (χ4n) is 5.21. The summed E-state index contributed by atoms with van der Waals surface area (Å²) in [5.74, 6) is 0.177. The summed E-state index contributed by atoms with van der Waals surface area (Å²) < 4.78 is 7.08. The first-order valence-corrected chi connectivity index (χ1v) is 13.0. The van der Waals surface area contributed by atoms with Gasteiger partial charge < -0.3 is 24.8 Å². The van der Waals surface area contributed by atoms with E-state index >= 15 is 0 Å². The second kappa shape index (κ2) is 11.1. The van der Waals surface area contributed by atoms with Crippen molar-refractivity contribution < 1.29 is 14.5 Å². The molecule has 204 valence electrons. The largest absolute Gasteiger partial charge is 0.496 e. The van der Waals surface area contributed by atoms with Crippen molar-refractivity contribution in [1.82, 2.24) is 19.8 Å². The summed E-state index contributed by atoms with van der Waals surface area (Å²) in [6.45, 7) is 3.81. The third-order valence-corrected chi connectivity index (χ3v) is 7.33. The number of aryl methyl sites for hydroxylation is 1. The fraction of sp³-hybridized carbons (Fsp3) is 0.207. The molecule has 1 aliphatic heterocycles. The number of aromatic nitrogens is 2. The molecule has 0 radical (unpaired) electrons. The monoisotopic (exact) mass is 556 g/mol. The first kappa shape index (κ1) is 26.8. The predicted molar refractivity (Wildman–Crippen MR) is 156 cm³/mol. The lowest BCUT2D eigenvalue weighted by molar-refractivity contribution is -0.384. The minimum atomic E-state index is -0.417. The van der Waals surface area contributed by atoms with Crippen molar-refractivity contribution in [3.8, 4) is 11.4 Å². The molecule has 10 nitrogen and oxygen atoms in total. The molecule has 2 N–H and O–H groups in total. The lowest BCUT2D eigenvalue weighted by atomic mass is 9.96. The smallest absolute Gasteiger partial charge is 0.296 e. The van der Waals surface area contributed by atoms with Gasteiger partial charge >= 0.3 is 0 Å². The van der Waals surface area contributed by atoms with E-state index < -0.39 is 11.0 Å². The number of nitrogens with zero attached hydrogens (tertiary/aromatic N) is 4. The lowest BCUT2D eigenvalue weighted by Crippen LogP contribution is -2.37. The first-order valence-electron chi connectivity index (χ1n) is 12.6. The molecule has 0 spiro atoms. The molecule has 40 heavy (non-hydrogen) atoms. The van der Waals surface area contributed by atoms with Crippen LogP contribution in [-0.4, -0.2) is 44.0 Å². The van der Waals surface area contributed by atoms with Crippen LogP contribution in [0.5, 0.6) is 5.75 Å². The standard InChI is InChI=1S/C29H28N6O4S/c1-18-15-22(19(2)34(18)24-13-12-21(39-3)16-25(24)35(37)38)28-27(23-11-7-8-14-30-23)32-29(40)33(28)17-26(36)31-20-9-5-4-6-10-20/h4-16,27-28H,17H2,1-3H3,(H,31,36)(H,32,40)/t27-,28-/m1/s1. The third kappa shape index (κ3) is 5.10. The highest BCUT2D eigenvalue weighted by molar-refractivity contribution is 7.80. The van der Waals surface area contributed by atoms with E-state index in [0.29, 0.717) is 22.2 Å². The maximum Gasteiger partial charge on any atom is 0.296 e. The zero-order chi connectivity index (χ0) is 28.4. The molecule has 11 heteroatoms. The number of nitrogens with one attached hydrogen (secondary N) is 2. The molecule has 1 amide bonds. The number of hydrogen-bond acceptors (Lipinski definition) is 6. The number of pyridine rings is 1. The molecule has 3 heterocycles. The zero-order valence-electron chi connectivity index (χ0n) is 22.2. The molecule has 1 fully saturated rings. The number of nitro groups is 1. The number of benzene rings is 2. The number of anilines is 1. The maximum absolute atomic E-state index is 13.1. The van der Waals surface area contributed by atoms with Gasteiger partial charge in [0.15, 0.2) is 5.11 Å².